The SMILES string of the molecule is Cc1ccc2oc(SCc3nc(C(=O)NC4CCCCNC4=O)co3)nc2c1. The van der Waals surface area contributed by atoms with Crippen molar-refractivity contribution in [1.29, 1.82) is 0 Å². The summed E-state index contributed by atoms with van der Waals surface area (Å²) in [6.45, 7) is 2.64. The Bertz CT molecular complexity index is 1010. The Morgan fingerprint density at radius 1 is 1.36 bits per heavy atom. The summed E-state index contributed by atoms with van der Waals surface area (Å²) < 4.78 is 11.1. The van der Waals surface area contributed by atoms with E-state index in [-0.39, 0.29) is 11.6 Å². The maximum absolute atomic E-state index is 12.4. The van der Waals surface area contributed by atoms with E-state index in [0.29, 0.717) is 29.8 Å². The number of hydrogen-bond donors (Lipinski definition) is 2. The third kappa shape index (κ3) is 4.19. The summed E-state index contributed by atoms with van der Waals surface area (Å²) in [4.78, 5) is 32.9. The van der Waals surface area contributed by atoms with Crippen LogP contribution >= 0.6 is 11.8 Å². The maximum Gasteiger partial charge on any atom is 0.273 e. The van der Waals surface area contributed by atoms with E-state index in [1.165, 1.54) is 18.0 Å². The fraction of sp³-hybridized carbons (Fsp3) is 0.368. The molecule has 1 aromatic carbocycles. The molecule has 1 saturated heterocycles. The first-order chi connectivity index (χ1) is 13.6. The summed E-state index contributed by atoms with van der Waals surface area (Å²) >= 11 is 1.34. The average molecular weight is 400 g/mol. The van der Waals surface area contributed by atoms with Crippen LogP contribution in [0.25, 0.3) is 11.1 Å². The molecule has 0 spiro atoms. The number of carbonyl (C=O) groups excluding carboxylic acids is 2. The van der Waals surface area contributed by atoms with Gasteiger partial charge in [-0.3, -0.25) is 9.59 Å². The molecule has 3 heterocycles. The van der Waals surface area contributed by atoms with Gasteiger partial charge in [0.05, 0.1) is 5.75 Å². The lowest BCUT2D eigenvalue weighted by atomic mass is 10.1. The van der Waals surface area contributed by atoms with Gasteiger partial charge < -0.3 is 19.5 Å². The van der Waals surface area contributed by atoms with Gasteiger partial charge in [-0.05, 0) is 43.9 Å². The van der Waals surface area contributed by atoms with E-state index in [1.54, 1.807) is 0 Å². The van der Waals surface area contributed by atoms with Crippen LogP contribution in [0, 0.1) is 6.92 Å². The van der Waals surface area contributed by atoms with Crippen LogP contribution in [0.5, 0.6) is 0 Å². The number of benzene rings is 1. The minimum absolute atomic E-state index is 0.154. The molecule has 1 unspecified atom stereocenters. The Hall–Kier alpha value is -2.81. The highest BCUT2D eigenvalue weighted by Gasteiger charge is 2.24. The van der Waals surface area contributed by atoms with Gasteiger partial charge in [0.1, 0.15) is 17.8 Å². The summed E-state index contributed by atoms with van der Waals surface area (Å²) in [6.07, 6.45) is 3.72. The number of aromatic nitrogens is 2. The number of carbonyl (C=O) groups is 2. The summed E-state index contributed by atoms with van der Waals surface area (Å²) in [5.41, 5.74) is 2.79. The van der Waals surface area contributed by atoms with Crippen molar-refractivity contribution in [3.8, 4) is 0 Å². The highest BCUT2D eigenvalue weighted by atomic mass is 32.2. The Kier molecular flexibility index (Phi) is 5.34. The number of oxazole rings is 2. The van der Waals surface area contributed by atoms with Crippen molar-refractivity contribution in [1.82, 2.24) is 20.6 Å². The minimum atomic E-state index is -0.535. The topological polar surface area (TPSA) is 110 Å². The second-order valence-corrected chi connectivity index (χ2v) is 7.61. The molecule has 1 aliphatic heterocycles. The minimum Gasteiger partial charge on any atom is -0.447 e. The third-order valence-corrected chi connectivity index (χ3v) is 5.28. The predicted molar refractivity (Wildman–Crippen MR) is 103 cm³/mol. The number of aryl methyl sites for hydroxylation is 1. The Labute approximate surface area is 165 Å². The maximum atomic E-state index is 12.4. The summed E-state index contributed by atoms with van der Waals surface area (Å²) in [5.74, 6) is 0.192. The van der Waals surface area contributed by atoms with Crippen molar-refractivity contribution in [3.05, 3.63) is 41.6 Å². The molecule has 2 amide bonds. The standard InChI is InChI=1S/C19H20N4O4S/c1-11-5-6-15-13(8-11)23-19(27-15)28-10-16-21-14(9-26-16)18(25)22-12-4-2-3-7-20-17(12)24/h5-6,8-9,12H,2-4,7,10H2,1H3,(H,20,24)(H,22,25). The number of nitrogens with one attached hydrogen (secondary N) is 2. The lowest BCUT2D eigenvalue weighted by Crippen LogP contribution is -2.45. The molecule has 0 aliphatic carbocycles. The first-order valence-corrected chi connectivity index (χ1v) is 10.1. The summed E-state index contributed by atoms with van der Waals surface area (Å²) in [6, 6.07) is 5.28. The zero-order chi connectivity index (χ0) is 19.5. The van der Waals surface area contributed by atoms with Gasteiger partial charge in [-0.25, -0.2) is 9.97 Å². The van der Waals surface area contributed by atoms with Gasteiger partial charge in [0, 0.05) is 6.54 Å². The molecule has 146 valence electrons. The lowest BCUT2D eigenvalue weighted by molar-refractivity contribution is -0.122. The molecule has 2 aromatic heterocycles. The van der Waals surface area contributed by atoms with Gasteiger partial charge in [-0.2, -0.15) is 0 Å². The van der Waals surface area contributed by atoms with E-state index in [9.17, 15) is 9.59 Å². The van der Waals surface area contributed by atoms with Crippen LogP contribution in [0.1, 0.15) is 41.2 Å². The van der Waals surface area contributed by atoms with Crippen molar-refractivity contribution in [3.63, 3.8) is 0 Å². The smallest absolute Gasteiger partial charge is 0.273 e. The lowest BCUT2D eigenvalue weighted by Gasteiger charge is -2.13. The number of amides is 2. The van der Waals surface area contributed by atoms with Gasteiger partial charge in [-0.15, -0.1) is 0 Å². The largest absolute Gasteiger partial charge is 0.447 e. The predicted octanol–water partition coefficient (Wildman–Crippen LogP) is 2.82. The fourth-order valence-electron chi connectivity index (χ4n) is 2.99. The van der Waals surface area contributed by atoms with E-state index in [1.807, 2.05) is 25.1 Å². The van der Waals surface area contributed by atoms with E-state index >= 15 is 0 Å². The van der Waals surface area contributed by atoms with Crippen LogP contribution in [-0.4, -0.2) is 34.4 Å². The van der Waals surface area contributed by atoms with E-state index < -0.39 is 11.9 Å². The molecule has 1 fully saturated rings. The molecule has 1 aliphatic rings. The van der Waals surface area contributed by atoms with Gasteiger partial charge in [-0.1, -0.05) is 17.8 Å². The Morgan fingerprint density at radius 3 is 3.14 bits per heavy atom. The normalized spacial score (nSPS) is 17.3. The van der Waals surface area contributed by atoms with Crippen LogP contribution in [0.3, 0.4) is 0 Å². The molecule has 0 saturated carbocycles. The Morgan fingerprint density at radius 2 is 2.25 bits per heavy atom. The number of hydrogen-bond acceptors (Lipinski definition) is 7. The zero-order valence-corrected chi connectivity index (χ0v) is 16.2. The Balaban J connectivity index is 1.36. The highest BCUT2D eigenvalue weighted by Crippen LogP contribution is 2.26. The molecule has 3 aromatic rings. The number of thioether (sulfide) groups is 1. The van der Waals surface area contributed by atoms with Crippen LogP contribution in [0.15, 0.2) is 38.5 Å². The second-order valence-electron chi connectivity index (χ2n) is 6.68. The third-order valence-electron chi connectivity index (χ3n) is 4.47. The molecule has 28 heavy (non-hydrogen) atoms. The first kappa shape index (κ1) is 18.5. The van der Waals surface area contributed by atoms with Gasteiger partial charge in [0.25, 0.3) is 11.1 Å². The molecule has 8 nitrogen and oxygen atoms in total. The van der Waals surface area contributed by atoms with Crippen molar-refractivity contribution in [2.24, 2.45) is 0 Å². The number of fused-ring (bicyclic) bond motifs is 1. The van der Waals surface area contributed by atoms with Gasteiger partial charge in [0.2, 0.25) is 11.8 Å². The van der Waals surface area contributed by atoms with Crippen LogP contribution < -0.4 is 10.6 Å². The van der Waals surface area contributed by atoms with E-state index in [2.05, 4.69) is 20.6 Å². The highest BCUT2D eigenvalue weighted by molar-refractivity contribution is 7.98. The quantitative estimate of drug-likeness (QED) is 0.634. The van der Waals surface area contributed by atoms with Gasteiger partial charge in [0.15, 0.2) is 11.3 Å². The fourth-order valence-corrected chi connectivity index (χ4v) is 3.68. The zero-order valence-electron chi connectivity index (χ0n) is 15.4. The van der Waals surface area contributed by atoms with Crippen molar-refractivity contribution >= 4 is 34.7 Å². The number of rotatable bonds is 5. The van der Waals surface area contributed by atoms with Crippen LogP contribution in [0.2, 0.25) is 0 Å². The van der Waals surface area contributed by atoms with Gasteiger partial charge >= 0.3 is 0 Å². The number of nitrogens with zero attached hydrogens (tertiary/aromatic N) is 2. The molecule has 1 atom stereocenters. The van der Waals surface area contributed by atoms with Crippen molar-refractivity contribution in [2.45, 2.75) is 43.2 Å². The van der Waals surface area contributed by atoms with Crippen molar-refractivity contribution < 1.29 is 18.4 Å². The van der Waals surface area contributed by atoms with Crippen molar-refractivity contribution in [2.75, 3.05) is 6.54 Å². The molecular formula is C19H20N4O4S. The second kappa shape index (κ2) is 8.05. The molecular weight excluding hydrogens is 380 g/mol. The van der Waals surface area contributed by atoms with E-state index in [0.717, 1.165) is 29.5 Å². The molecule has 4 rings (SSSR count). The molecule has 0 bridgehead atoms. The molecule has 0 radical (unpaired) electrons. The molecule has 2 N–H and O–H groups in total. The van der Waals surface area contributed by atoms with E-state index in [4.69, 9.17) is 8.83 Å². The molecule has 9 heteroatoms. The first-order valence-electron chi connectivity index (χ1n) is 9.11. The van der Waals surface area contributed by atoms with Crippen LogP contribution in [0.4, 0.5) is 0 Å². The monoisotopic (exact) mass is 400 g/mol. The average Bonchev–Trinajstić information content (AvgIpc) is 3.26. The van der Waals surface area contributed by atoms with Crippen LogP contribution in [-0.2, 0) is 10.5 Å². The summed E-state index contributed by atoms with van der Waals surface area (Å²) in [7, 11) is 0. The summed E-state index contributed by atoms with van der Waals surface area (Å²) in [5, 5.41) is 6.03.